The van der Waals surface area contributed by atoms with Crippen molar-refractivity contribution in [3.8, 4) is 5.75 Å². The first kappa shape index (κ1) is 17.7. The number of para-hydroxylation sites is 1. The Morgan fingerprint density at radius 1 is 1.38 bits per heavy atom. The third-order valence-electron chi connectivity index (χ3n) is 3.68. The summed E-state index contributed by atoms with van der Waals surface area (Å²) >= 11 is 0. The Labute approximate surface area is 130 Å². The number of carbonyl (C=O) groups excluding carboxylic acids is 1. The SMILES string of the molecule is Cl.N[C@@H]1CCC[C@H]1CC(=O)NCCOc1ccccc1F. The summed E-state index contributed by atoms with van der Waals surface area (Å²) in [4.78, 5) is 11.7. The van der Waals surface area contributed by atoms with Crippen LogP contribution in [-0.4, -0.2) is 25.1 Å². The van der Waals surface area contributed by atoms with Crippen LogP contribution in [0.3, 0.4) is 0 Å². The topological polar surface area (TPSA) is 64.4 Å². The van der Waals surface area contributed by atoms with E-state index >= 15 is 0 Å². The van der Waals surface area contributed by atoms with Gasteiger partial charge in [0.2, 0.25) is 5.91 Å². The number of carbonyl (C=O) groups is 1. The molecule has 2 rings (SSSR count). The monoisotopic (exact) mass is 316 g/mol. The number of nitrogens with two attached hydrogens (primary N) is 1. The first-order valence-electron chi connectivity index (χ1n) is 7.06. The van der Waals surface area contributed by atoms with Gasteiger partial charge in [-0.2, -0.15) is 0 Å². The molecule has 21 heavy (non-hydrogen) atoms. The van der Waals surface area contributed by atoms with Gasteiger partial charge in [0, 0.05) is 12.5 Å². The number of hydrogen-bond acceptors (Lipinski definition) is 3. The van der Waals surface area contributed by atoms with Gasteiger partial charge in [-0.25, -0.2) is 4.39 Å². The van der Waals surface area contributed by atoms with Gasteiger partial charge in [-0.1, -0.05) is 18.6 Å². The largest absolute Gasteiger partial charge is 0.489 e. The van der Waals surface area contributed by atoms with Crippen LogP contribution in [0, 0.1) is 11.7 Å². The van der Waals surface area contributed by atoms with Gasteiger partial charge >= 0.3 is 0 Å². The van der Waals surface area contributed by atoms with E-state index in [-0.39, 0.29) is 36.7 Å². The molecular weight excluding hydrogens is 295 g/mol. The highest BCUT2D eigenvalue weighted by Crippen LogP contribution is 2.26. The molecule has 118 valence electrons. The Bertz CT molecular complexity index is 459. The van der Waals surface area contributed by atoms with Crippen LogP contribution in [0.25, 0.3) is 0 Å². The van der Waals surface area contributed by atoms with Crippen LogP contribution in [-0.2, 0) is 4.79 Å². The minimum Gasteiger partial charge on any atom is -0.489 e. The average molecular weight is 317 g/mol. The molecule has 4 nitrogen and oxygen atoms in total. The minimum absolute atomic E-state index is 0. The minimum atomic E-state index is -0.393. The van der Waals surface area contributed by atoms with Crippen LogP contribution in [0.1, 0.15) is 25.7 Å². The second-order valence-corrected chi connectivity index (χ2v) is 5.19. The van der Waals surface area contributed by atoms with Crippen molar-refractivity contribution < 1.29 is 13.9 Å². The van der Waals surface area contributed by atoms with Crippen molar-refractivity contribution in [3.05, 3.63) is 30.1 Å². The van der Waals surface area contributed by atoms with Crippen molar-refractivity contribution in [2.75, 3.05) is 13.2 Å². The van der Waals surface area contributed by atoms with Gasteiger partial charge in [0.05, 0.1) is 6.54 Å². The molecular formula is C15H22ClFN2O2. The normalized spacial score (nSPS) is 20.7. The standard InChI is InChI=1S/C15H21FN2O2.ClH/c16-12-5-1-2-7-14(12)20-9-8-18-15(19)10-11-4-3-6-13(11)17;/h1-2,5,7,11,13H,3-4,6,8-10,17H2,(H,18,19);1H/t11-,13+;/m0./s1. The first-order chi connectivity index (χ1) is 9.66. The molecule has 0 radical (unpaired) electrons. The molecule has 1 amide bonds. The summed E-state index contributed by atoms with van der Waals surface area (Å²) < 4.78 is 18.5. The number of amides is 1. The van der Waals surface area contributed by atoms with Crippen molar-refractivity contribution in [3.63, 3.8) is 0 Å². The van der Waals surface area contributed by atoms with E-state index in [1.165, 1.54) is 6.07 Å². The van der Waals surface area contributed by atoms with Crippen LogP contribution in [0.4, 0.5) is 4.39 Å². The molecule has 1 saturated carbocycles. The molecule has 0 aliphatic heterocycles. The predicted octanol–water partition coefficient (Wildman–Crippen LogP) is 2.26. The summed E-state index contributed by atoms with van der Waals surface area (Å²) in [5.74, 6) is 0.0993. The Morgan fingerprint density at radius 2 is 2.14 bits per heavy atom. The molecule has 3 N–H and O–H groups in total. The van der Waals surface area contributed by atoms with Gasteiger partial charge in [0.1, 0.15) is 6.61 Å². The van der Waals surface area contributed by atoms with Gasteiger partial charge in [0.25, 0.3) is 0 Å². The highest BCUT2D eigenvalue weighted by molar-refractivity contribution is 5.85. The highest BCUT2D eigenvalue weighted by atomic mass is 35.5. The van der Waals surface area contributed by atoms with Crippen LogP contribution < -0.4 is 15.8 Å². The smallest absolute Gasteiger partial charge is 0.220 e. The van der Waals surface area contributed by atoms with Crippen LogP contribution >= 0.6 is 12.4 Å². The van der Waals surface area contributed by atoms with E-state index in [0.717, 1.165) is 19.3 Å². The summed E-state index contributed by atoms with van der Waals surface area (Å²) in [5, 5.41) is 2.78. The summed E-state index contributed by atoms with van der Waals surface area (Å²) in [5.41, 5.74) is 5.93. The molecule has 0 unspecified atom stereocenters. The fraction of sp³-hybridized carbons (Fsp3) is 0.533. The molecule has 0 spiro atoms. The number of ether oxygens (including phenoxy) is 1. The molecule has 2 atom stereocenters. The molecule has 1 aromatic carbocycles. The summed E-state index contributed by atoms with van der Waals surface area (Å²) in [6, 6.07) is 6.37. The van der Waals surface area contributed by atoms with Crippen molar-refractivity contribution in [1.29, 1.82) is 0 Å². The van der Waals surface area contributed by atoms with Gasteiger partial charge in [-0.3, -0.25) is 4.79 Å². The fourth-order valence-corrected chi connectivity index (χ4v) is 2.54. The maximum atomic E-state index is 13.3. The Balaban J connectivity index is 0.00000220. The Hall–Kier alpha value is -1.33. The second kappa shape index (κ2) is 8.85. The van der Waals surface area contributed by atoms with Crippen molar-refractivity contribution in [2.45, 2.75) is 31.7 Å². The van der Waals surface area contributed by atoms with E-state index in [0.29, 0.717) is 18.9 Å². The van der Waals surface area contributed by atoms with E-state index in [9.17, 15) is 9.18 Å². The van der Waals surface area contributed by atoms with Gasteiger partial charge < -0.3 is 15.8 Å². The summed E-state index contributed by atoms with van der Waals surface area (Å²) in [6.45, 7) is 0.624. The predicted molar refractivity (Wildman–Crippen MR) is 82.1 cm³/mol. The van der Waals surface area contributed by atoms with E-state index in [2.05, 4.69) is 5.32 Å². The molecule has 1 aliphatic carbocycles. The van der Waals surface area contributed by atoms with Gasteiger partial charge in [-0.15, -0.1) is 12.4 Å². The number of benzene rings is 1. The van der Waals surface area contributed by atoms with Crippen molar-refractivity contribution >= 4 is 18.3 Å². The second-order valence-electron chi connectivity index (χ2n) is 5.19. The first-order valence-corrected chi connectivity index (χ1v) is 7.06. The van der Waals surface area contributed by atoms with E-state index in [4.69, 9.17) is 10.5 Å². The molecule has 6 heteroatoms. The molecule has 1 fully saturated rings. The zero-order valence-electron chi connectivity index (χ0n) is 11.9. The van der Waals surface area contributed by atoms with Gasteiger partial charge in [-0.05, 0) is 30.9 Å². The molecule has 1 aliphatic rings. The number of rotatable bonds is 6. The quantitative estimate of drug-likeness (QED) is 0.791. The zero-order chi connectivity index (χ0) is 14.4. The van der Waals surface area contributed by atoms with E-state index in [1.807, 2.05) is 0 Å². The maximum Gasteiger partial charge on any atom is 0.220 e. The number of hydrogen-bond donors (Lipinski definition) is 2. The number of nitrogens with one attached hydrogen (secondary N) is 1. The molecule has 0 aromatic heterocycles. The third kappa shape index (κ3) is 5.52. The van der Waals surface area contributed by atoms with Crippen LogP contribution in [0.15, 0.2) is 24.3 Å². The third-order valence-corrected chi connectivity index (χ3v) is 3.68. The molecule has 0 bridgehead atoms. The Kier molecular flexibility index (Phi) is 7.47. The van der Waals surface area contributed by atoms with Crippen LogP contribution in [0.5, 0.6) is 5.75 Å². The lowest BCUT2D eigenvalue weighted by Gasteiger charge is -2.14. The number of halogens is 2. The van der Waals surface area contributed by atoms with E-state index in [1.54, 1.807) is 18.2 Å². The van der Waals surface area contributed by atoms with E-state index < -0.39 is 5.82 Å². The lowest BCUT2D eigenvalue weighted by Crippen LogP contribution is -2.33. The molecule has 0 heterocycles. The zero-order valence-corrected chi connectivity index (χ0v) is 12.7. The maximum absolute atomic E-state index is 13.3. The van der Waals surface area contributed by atoms with Crippen molar-refractivity contribution in [1.82, 2.24) is 5.32 Å². The lowest BCUT2D eigenvalue weighted by molar-refractivity contribution is -0.122. The molecule has 0 saturated heterocycles. The molecule has 1 aromatic rings. The summed E-state index contributed by atoms with van der Waals surface area (Å²) in [6.07, 6.45) is 3.62. The van der Waals surface area contributed by atoms with Gasteiger partial charge in [0.15, 0.2) is 11.6 Å². The average Bonchev–Trinajstić information content (AvgIpc) is 2.82. The van der Waals surface area contributed by atoms with Crippen molar-refractivity contribution in [2.24, 2.45) is 11.7 Å². The highest BCUT2D eigenvalue weighted by Gasteiger charge is 2.25. The summed E-state index contributed by atoms with van der Waals surface area (Å²) in [7, 11) is 0. The van der Waals surface area contributed by atoms with Crippen LogP contribution in [0.2, 0.25) is 0 Å². The Morgan fingerprint density at radius 3 is 2.81 bits per heavy atom. The fourth-order valence-electron chi connectivity index (χ4n) is 2.54. The lowest BCUT2D eigenvalue weighted by atomic mass is 10.00.